The number of fused-ring (bicyclic) bond motifs is 1. The fourth-order valence-corrected chi connectivity index (χ4v) is 3.82. The topological polar surface area (TPSA) is 51.1 Å². The minimum atomic E-state index is -0.535. The van der Waals surface area contributed by atoms with E-state index in [0.717, 1.165) is 14.7 Å². The Kier molecular flexibility index (Phi) is 4.63. The van der Waals surface area contributed by atoms with Crippen LogP contribution in [0.1, 0.15) is 18.5 Å². The lowest BCUT2D eigenvalue weighted by molar-refractivity contribution is -0.123. The average Bonchev–Trinajstić information content (AvgIpc) is 2.89. The second kappa shape index (κ2) is 6.68. The van der Waals surface area contributed by atoms with Crippen molar-refractivity contribution in [3.05, 3.63) is 68.9 Å². The van der Waals surface area contributed by atoms with E-state index in [1.54, 1.807) is 13.0 Å². The second-order valence-corrected chi connectivity index (χ2v) is 7.17. The number of nitrogens with zero attached hydrogens (tertiary/aromatic N) is 1. The molecular formula is C17H15BrN2O2S. The van der Waals surface area contributed by atoms with Crippen molar-refractivity contribution >= 4 is 43.5 Å². The highest BCUT2D eigenvalue weighted by Gasteiger charge is 2.19. The molecule has 0 aliphatic carbocycles. The molecule has 1 amide bonds. The normalized spacial score (nSPS) is 12.3. The van der Waals surface area contributed by atoms with Gasteiger partial charge in [-0.2, -0.15) is 0 Å². The van der Waals surface area contributed by atoms with Gasteiger partial charge in [-0.25, -0.2) is 0 Å². The Balaban J connectivity index is 1.76. The highest BCUT2D eigenvalue weighted by Crippen LogP contribution is 2.19. The van der Waals surface area contributed by atoms with E-state index in [4.69, 9.17) is 0 Å². The van der Waals surface area contributed by atoms with E-state index in [2.05, 4.69) is 21.2 Å². The van der Waals surface area contributed by atoms with E-state index in [1.165, 1.54) is 15.5 Å². The van der Waals surface area contributed by atoms with Crippen LogP contribution in [0.2, 0.25) is 0 Å². The highest BCUT2D eigenvalue weighted by atomic mass is 79.9. The van der Waals surface area contributed by atoms with Gasteiger partial charge < -0.3 is 5.32 Å². The third-order valence-corrected chi connectivity index (χ3v) is 5.33. The molecule has 1 heterocycles. The molecule has 0 aliphatic rings. The molecule has 0 aliphatic heterocycles. The second-order valence-electron chi connectivity index (χ2n) is 5.24. The Hall–Kier alpha value is -1.92. The molecule has 0 saturated carbocycles. The van der Waals surface area contributed by atoms with Gasteiger partial charge in [-0.1, -0.05) is 51.7 Å². The molecule has 0 radical (unpaired) electrons. The number of carbonyl (C=O) groups excluding carboxylic acids is 1. The molecule has 6 heteroatoms. The van der Waals surface area contributed by atoms with Crippen LogP contribution in [0.4, 0.5) is 0 Å². The van der Waals surface area contributed by atoms with E-state index < -0.39 is 6.04 Å². The largest absolute Gasteiger partial charge is 0.350 e. The summed E-state index contributed by atoms with van der Waals surface area (Å²) < 4.78 is 3.39. The molecule has 3 rings (SSSR count). The zero-order chi connectivity index (χ0) is 16.4. The summed E-state index contributed by atoms with van der Waals surface area (Å²) in [6.45, 7) is 2.18. The first kappa shape index (κ1) is 16.0. The molecule has 0 unspecified atom stereocenters. The molecule has 0 bridgehead atoms. The van der Waals surface area contributed by atoms with Gasteiger partial charge in [0.15, 0.2) is 0 Å². The number of halogens is 1. The molecule has 118 valence electrons. The fraction of sp³-hybridized carbons (Fsp3) is 0.176. The van der Waals surface area contributed by atoms with Crippen LogP contribution in [0.3, 0.4) is 0 Å². The summed E-state index contributed by atoms with van der Waals surface area (Å²) in [5, 5.41) is 3.54. The van der Waals surface area contributed by atoms with Crippen LogP contribution < -0.4 is 10.9 Å². The summed E-state index contributed by atoms with van der Waals surface area (Å²) in [6.07, 6.45) is 0. The van der Waals surface area contributed by atoms with Crippen molar-refractivity contribution in [1.29, 1.82) is 0 Å². The summed E-state index contributed by atoms with van der Waals surface area (Å²) in [6, 6.07) is 14.6. The van der Waals surface area contributed by atoms with Crippen molar-refractivity contribution < 1.29 is 4.79 Å². The Morgan fingerprint density at radius 2 is 2.04 bits per heavy atom. The molecule has 0 spiro atoms. The highest BCUT2D eigenvalue weighted by molar-refractivity contribution is 9.10. The van der Waals surface area contributed by atoms with Gasteiger partial charge in [0.2, 0.25) is 5.91 Å². The van der Waals surface area contributed by atoms with Crippen LogP contribution in [0.5, 0.6) is 0 Å². The van der Waals surface area contributed by atoms with Crippen molar-refractivity contribution in [2.75, 3.05) is 0 Å². The summed E-state index contributed by atoms with van der Waals surface area (Å²) in [4.78, 5) is 24.7. The predicted octanol–water partition coefficient (Wildman–Crippen LogP) is 3.70. The smallest absolute Gasteiger partial charge is 0.269 e. The van der Waals surface area contributed by atoms with E-state index >= 15 is 0 Å². The Bertz CT molecular complexity index is 916. The summed E-state index contributed by atoms with van der Waals surface area (Å²) in [5.41, 5.74) is 0.888. The van der Waals surface area contributed by atoms with E-state index in [0.29, 0.717) is 11.9 Å². The number of nitrogens with one attached hydrogen (secondary N) is 1. The number of amides is 1. The first-order chi connectivity index (χ1) is 11.1. The Morgan fingerprint density at radius 1 is 1.26 bits per heavy atom. The number of benzene rings is 2. The first-order valence-electron chi connectivity index (χ1n) is 7.19. The van der Waals surface area contributed by atoms with Crippen molar-refractivity contribution in [2.45, 2.75) is 19.5 Å². The third-order valence-electron chi connectivity index (χ3n) is 3.60. The number of hydrogen-bond acceptors (Lipinski definition) is 3. The summed E-state index contributed by atoms with van der Waals surface area (Å²) >= 11 is 4.73. The SMILES string of the molecule is C[C@H](C(=O)NCc1cccc(Br)c1)n1sc2ccccc2c1=O. The number of hydrogen-bond donors (Lipinski definition) is 1. The predicted molar refractivity (Wildman–Crippen MR) is 96.8 cm³/mol. The summed E-state index contributed by atoms with van der Waals surface area (Å²) in [5.74, 6) is -0.168. The molecule has 1 atom stereocenters. The van der Waals surface area contributed by atoms with Crippen molar-refractivity contribution in [3.63, 3.8) is 0 Å². The molecule has 1 N–H and O–H groups in total. The van der Waals surface area contributed by atoms with E-state index in [1.807, 2.05) is 42.5 Å². The van der Waals surface area contributed by atoms with Gasteiger partial charge in [0.25, 0.3) is 5.56 Å². The van der Waals surface area contributed by atoms with Crippen LogP contribution in [0, 0.1) is 0 Å². The first-order valence-corrected chi connectivity index (χ1v) is 8.75. The van der Waals surface area contributed by atoms with Gasteiger partial charge in [-0.05, 0) is 36.8 Å². The quantitative estimate of drug-likeness (QED) is 0.738. The molecule has 1 aromatic heterocycles. The lowest BCUT2D eigenvalue weighted by Crippen LogP contribution is -2.33. The molecule has 23 heavy (non-hydrogen) atoms. The lowest BCUT2D eigenvalue weighted by Gasteiger charge is -2.12. The Morgan fingerprint density at radius 3 is 2.78 bits per heavy atom. The minimum Gasteiger partial charge on any atom is -0.350 e. The zero-order valence-electron chi connectivity index (χ0n) is 12.5. The van der Waals surface area contributed by atoms with Crippen LogP contribution in [-0.2, 0) is 11.3 Å². The van der Waals surface area contributed by atoms with Crippen LogP contribution in [0.15, 0.2) is 57.8 Å². The van der Waals surface area contributed by atoms with Gasteiger partial charge in [0, 0.05) is 11.0 Å². The van der Waals surface area contributed by atoms with Crippen LogP contribution in [0.25, 0.3) is 10.1 Å². The number of rotatable bonds is 4. The molecule has 0 fully saturated rings. The zero-order valence-corrected chi connectivity index (χ0v) is 14.9. The molecule has 4 nitrogen and oxygen atoms in total. The number of carbonyl (C=O) groups is 1. The lowest BCUT2D eigenvalue weighted by atomic mass is 10.2. The molecule has 3 aromatic rings. The number of aromatic nitrogens is 1. The average molecular weight is 391 g/mol. The molecule has 2 aromatic carbocycles. The van der Waals surface area contributed by atoms with Gasteiger partial charge in [0.05, 0.1) is 10.1 Å². The van der Waals surface area contributed by atoms with E-state index in [9.17, 15) is 9.59 Å². The van der Waals surface area contributed by atoms with E-state index in [-0.39, 0.29) is 11.5 Å². The van der Waals surface area contributed by atoms with Crippen LogP contribution >= 0.6 is 27.5 Å². The van der Waals surface area contributed by atoms with Gasteiger partial charge in [-0.15, -0.1) is 0 Å². The fourth-order valence-electron chi connectivity index (χ4n) is 2.33. The summed E-state index contributed by atoms with van der Waals surface area (Å²) in [7, 11) is 0. The maximum atomic E-state index is 12.4. The third kappa shape index (κ3) is 3.38. The van der Waals surface area contributed by atoms with Crippen LogP contribution in [-0.4, -0.2) is 9.86 Å². The monoisotopic (exact) mass is 390 g/mol. The standard InChI is InChI=1S/C17H15BrN2O2S/c1-11(16(21)19-10-12-5-4-6-13(18)9-12)20-17(22)14-7-2-3-8-15(14)23-20/h2-9,11H,10H2,1H3,(H,19,21)/t11-/m1/s1. The maximum absolute atomic E-state index is 12.4. The maximum Gasteiger partial charge on any atom is 0.269 e. The molecular weight excluding hydrogens is 376 g/mol. The van der Waals surface area contributed by atoms with Crippen molar-refractivity contribution in [1.82, 2.24) is 9.27 Å². The van der Waals surface area contributed by atoms with Gasteiger partial charge in [0.1, 0.15) is 6.04 Å². The minimum absolute atomic E-state index is 0.115. The molecule has 0 saturated heterocycles. The van der Waals surface area contributed by atoms with Gasteiger partial charge in [-0.3, -0.25) is 13.5 Å². The van der Waals surface area contributed by atoms with Crippen molar-refractivity contribution in [2.24, 2.45) is 0 Å². The van der Waals surface area contributed by atoms with Crippen molar-refractivity contribution in [3.8, 4) is 0 Å². The Labute approximate surface area is 146 Å². The van der Waals surface area contributed by atoms with Gasteiger partial charge >= 0.3 is 0 Å².